The van der Waals surface area contributed by atoms with Crippen LogP contribution in [0.1, 0.15) is 31.4 Å². The molecule has 0 amide bonds. The number of aliphatic imine (C=N–C) groups is 1. The molecule has 1 aliphatic heterocycles. The van der Waals surface area contributed by atoms with Crippen LogP contribution < -0.4 is 15.4 Å². The van der Waals surface area contributed by atoms with E-state index >= 15 is 0 Å². The molecule has 140 valence electrons. The Kier molecular flexibility index (Phi) is 8.55. The summed E-state index contributed by atoms with van der Waals surface area (Å²) in [5, 5.41) is 6.76. The fraction of sp³-hybridized carbons (Fsp3) is 0.632. The summed E-state index contributed by atoms with van der Waals surface area (Å²) in [6.45, 7) is 7.26. The Morgan fingerprint density at radius 2 is 2.08 bits per heavy atom. The van der Waals surface area contributed by atoms with E-state index in [-0.39, 0.29) is 0 Å². The minimum Gasteiger partial charge on any atom is -0.497 e. The molecule has 2 rings (SSSR count). The first-order chi connectivity index (χ1) is 12.3. The Morgan fingerprint density at radius 1 is 1.28 bits per heavy atom. The van der Waals surface area contributed by atoms with Crippen molar-refractivity contribution in [3.63, 3.8) is 0 Å². The lowest BCUT2D eigenvalue weighted by Gasteiger charge is -2.29. The van der Waals surface area contributed by atoms with Crippen LogP contribution in [-0.2, 0) is 4.74 Å². The summed E-state index contributed by atoms with van der Waals surface area (Å²) >= 11 is 0. The summed E-state index contributed by atoms with van der Waals surface area (Å²) in [7, 11) is 3.51. The highest BCUT2D eigenvalue weighted by molar-refractivity contribution is 5.79. The molecule has 0 saturated carbocycles. The molecule has 1 atom stereocenters. The first-order valence-corrected chi connectivity index (χ1v) is 9.18. The number of ether oxygens (including phenoxy) is 2. The van der Waals surface area contributed by atoms with Gasteiger partial charge in [0.15, 0.2) is 5.96 Å². The average Bonchev–Trinajstić information content (AvgIpc) is 3.18. The zero-order valence-electron chi connectivity index (χ0n) is 15.8. The maximum Gasteiger partial charge on any atom is 0.191 e. The van der Waals surface area contributed by atoms with Crippen LogP contribution in [0, 0.1) is 0 Å². The second-order valence-corrected chi connectivity index (χ2v) is 6.11. The molecule has 1 unspecified atom stereocenters. The third kappa shape index (κ3) is 6.21. The van der Waals surface area contributed by atoms with Crippen molar-refractivity contribution in [1.82, 2.24) is 15.5 Å². The Balaban J connectivity index is 1.98. The number of rotatable bonds is 9. The van der Waals surface area contributed by atoms with Crippen LogP contribution in [0.15, 0.2) is 29.3 Å². The predicted molar refractivity (Wildman–Crippen MR) is 102 cm³/mol. The van der Waals surface area contributed by atoms with E-state index < -0.39 is 0 Å². The van der Waals surface area contributed by atoms with Gasteiger partial charge < -0.3 is 20.1 Å². The minimum absolute atomic E-state index is 0.308. The van der Waals surface area contributed by atoms with Gasteiger partial charge in [-0.25, -0.2) is 0 Å². The quantitative estimate of drug-likeness (QED) is 0.406. The van der Waals surface area contributed by atoms with Crippen molar-refractivity contribution in [2.45, 2.75) is 25.8 Å². The highest BCUT2D eigenvalue weighted by Gasteiger charge is 2.24. The number of benzene rings is 1. The molecule has 0 bridgehead atoms. The molecule has 2 N–H and O–H groups in total. The van der Waals surface area contributed by atoms with Crippen LogP contribution in [0.4, 0.5) is 0 Å². The molecule has 0 radical (unpaired) electrons. The summed E-state index contributed by atoms with van der Waals surface area (Å²) < 4.78 is 10.8. The van der Waals surface area contributed by atoms with Gasteiger partial charge in [-0.1, -0.05) is 12.1 Å². The molecule has 25 heavy (non-hydrogen) atoms. The largest absolute Gasteiger partial charge is 0.497 e. The smallest absolute Gasteiger partial charge is 0.191 e. The number of hydrogen-bond acceptors (Lipinski definition) is 4. The zero-order valence-corrected chi connectivity index (χ0v) is 15.8. The number of nitrogens with one attached hydrogen (secondary N) is 2. The van der Waals surface area contributed by atoms with Crippen molar-refractivity contribution in [3.8, 4) is 5.75 Å². The van der Waals surface area contributed by atoms with Crippen molar-refractivity contribution >= 4 is 5.96 Å². The maximum atomic E-state index is 5.40. The summed E-state index contributed by atoms with van der Waals surface area (Å²) in [6, 6.07) is 8.68. The van der Waals surface area contributed by atoms with Gasteiger partial charge in [-0.3, -0.25) is 9.89 Å². The normalized spacial score (nSPS) is 16.7. The van der Waals surface area contributed by atoms with Crippen molar-refractivity contribution in [2.75, 3.05) is 53.6 Å². The standard InChI is InChI=1S/C19H32N4O2/c1-4-25-13-10-21-19(20-2)22-15-18(23-11-5-6-12-23)16-8-7-9-17(14-16)24-3/h7-9,14,18H,4-6,10-13,15H2,1-3H3,(H2,20,21,22). The molecule has 1 aromatic carbocycles. The van der Waals surface area contributed by atoms with Crippen molar-refractivity contribution in [3.05, 3.63) is 29.8 Å². The Labute approximate surface area is 151 Å². The lowest BCUT2D eigenvalue weighted by Crippen LogP contribution is -2.43. The molecule has 1 heterocycles. The number of nitrogens with zero attached hydrogens (tertiary/aromatic N) is 2. The van der Waals surface area contributed by atoms with E-state index in [2.05, 4.69) is 38.7 Å². The summed E-state index contributed by atoms with van der Waals surface area (Å²) in [5.74, 6) is 1.72. The number of likely N-dealkylation sites (tertiary alicyclic amines) is 1. The molecule has 6 heteroatoms. The molecule has 1 saturated heterocycles. The predicted octanol–water partition coefficient (Wildman–Crippen LogP) is 2.03. The highest BCUT2D eigenvalue weighted by Crippen LogP contribution is 2.27. The minimum atomic E-state index is 0.308. The molecular formula is C19H32N4O2. The Morgan fingerprint density at radius 3 is 2.76 bits per heavy atom. The van der Waals surface area contributed by atoms with Crippen LogP contribution in [-0.4, -0.2) is 64.4 Å². The second-order valence-electron chi connectivity index (χ2n) is 6.11. The third-order valence-electron chi connectivity index (χ3n) is 4.49. The van der Waals surface area contributed by atoms with E-state index in [1.54, 1.807) is 14.2 Å². The molecule has 0 aliphatic carbocycles. The van der Waals surface area contributed by atoms with Gasteiger partial charge in [-0.2, -0.15) is 0 Å². The van der Waals surface area contributed by atoms with Crippen molar-refractivity contribution < 1.29 is 9.47 Å². The molecule has 6 nitrogen and oxygen atoms in total. The summed E-state index contributed by atoms with van der Waals surface area (Å²) in [5.41, 5.74) is 1.28. The van der Waals surface area contributed by atoms with Gasteiger partial charge in [0.05, 0.1) is 19.8 Å². The van der Waals surface area contributed by atoms with Gasteiger partial charge in [0, 0.05) is 26.7 Å². The maximum absolute atomic E-state index is 5.40. The fourth-order valence-corrected chi connectivity index (χ4v) is 3.16. The van der Waals surface area contributed by atoms with Gasteiger partial charge >= 0.3 is 0 Å². The SMILES string of the molecule is CCOCCNC(=NC)NCC(c1cccc(OC)c1)N1CCCC1. The van der Waals surface area contributed by atoms with E-state index in [0.29, 0.717) is 12.6 Å². The fourth-order valence-electron chi connectivity index (χ4n) is 3.16. The average molecular weight is 348 g/mol. The summed E-state index contributed by atoms with van der Waals surface area (Å²) in [6.07, 6.45) is 2.53. The lowest BCUT2D eigenvalue weighted by atomic mass is 10.1. The topological polar surface area (TPSA) is 58.1 Å². The molecule has 0 spiro atoms. The van der Waals surface area contributed by atoms with E-state index in [9.17, 15) is 0 Å². The summed E-state index contributed by atoms with van der Waals surface area (Å²) in [4.78, 5) is 6.84. The number of guanidine groups is 1. The van der Waals surface area contributed by atoms with Gasteiger partial charge in [-0.15, -0.1) is 0 Å². The van der Waals surface area contributed by atoms with E-state index in [1.807, 2.05) is 13.0 Å². The van der Waals surface area contributed by atoms with Gasteiger partial charge in [0.25, 0.3) is 0 Å². The number of hydrogen-bond donors (Lipinski definition) is 2. The Bertz CT molecular complexity index is 530. The molecule has 0 aromatic heterocycles. The van der Waals surface area contributed by atoms with Gasteiger partial charge in [0.1, 0.15) is 5.75 Å². The molecule has 1 fully saturated rings. The molecule has 1 aromatic rings. The lowest BCUT2D eigenvalue weighted by molar-refractivity contribution is 0.152. The first kappa shape index (κ1) is 19.5. The highest BCUT2D eigenvalue weighted by atomic mass is 16.5. The van der Waals surface area contributed by atoms with Crippen LogP contribution in [0.2, 0.25) is 0 Å². The Hall–Kier alpha value is -1.79. The van der Waals surface area contributed by atoms with Crippen molar-refractivity contribution in [1.29, 1.82) is 0 Å². The monoisotopic (exact) mass is 348 g/mol. The first-order valence-electron chi connectivity index (χ1n) is 9.18. The van der Waals surface area contributed by atoms with Crippen LogP contribution in [0.5, 0.6) is 5.75 Å². The van der Waals surface area contributed by atoms with Crippen molar-refractivity contribution in [2.24, 2.45) is 4.99 Å². The molecule has 1 aliphatic rings. The van der Waals surface area contributed by atoms with Crippen LogP contribution in [0.25, 0.3) is 0 Å². The molecular weight excluding hydrogens is 316 g/mol. The number of methoxy groups -OCH3 is 1. The third-order valence-corrected chi connectivity index (χ3v) is 4.49. The van der Waals surface area contributed by atoms with Gasteiger partial charge in [0.2, 0.25) is 0 Å². The van der Waals surface area contributed by atoms with Crippen LogP contribution >= 0.6 is 0 Å². The van der Waals surface area contributed by atoms with E-state index in [4.69, 9.17) is 9.47 Å². The van der Waals surface area contributed by atoms with Crippen LogP contribution in [0.3, 0.4) is 0 Å². The van der Waals surface area contributed by atoms with Gasteiger partial charge in [-0.05, 0) is 50.6 Å². The zero-order chi connectivity index (χ0) is 17.9. The van der Waals surface area contributed by atoms with E-state index in [1.165, 1.54) is 18.4 Å². The second kappa shape index (κ2) is 10.9. The van der Waals surface area contributed by atoms with E-state index in [0.717, 1.165) is 44.5 Å².